The van der Waals surface area contributed by atoms with Crippen LogP contribution in [0, 0.1) is 29.1 Å². The van der Waals surface area contributed by atoms with Crippen LogP contribution >= 0.6 is 0 Å². The van der Waals surface area contributed by atoms with Crippen LogP contribution in [0.3, 0.4) is 0 Å². The molecule has 0 aromatic heterocycles. The first-order valence-corrected chi connectivity index (χ1v) is 16.3. The minimum absolute atomic E-state index is 0.0482. The van der Waals surface area contributed by atoms with Crippen LogP contribution in [-0.2, 0) is 25.5 Å². The Kier molecular flexibility index (Phi) is 16.9. The van der Waals surface area contributed by atoms with E-state index in [0.717, 1.165) is 12.0 Å². The van der Waals surface area contributed by atoms with Crippen LogP contribution < -0.4 is 25.8 Å². The van der Waals surface area contributed by atoms with E-state index >= 15 is 0 Å². The van der Waals surface area contributed by atoms with E-state index in [0.29, 0.717) is 37.6 Å². The Morgan fingerprint density at radius 3 is 2.11 bits per heavy atom. The number of primary amides is 1. The zero-order valence-electron chi connectivity index (χ0n) is 30.0. The van der Waals surface area contributed by atoms with Crippen molar-refractivity contribution in [1.29, 1.82) is 0 Å². The summed E-state index contributed by atoms with van der Waals surface area (Å²) in [6.45, 7) is 17.9. The minimum atomic E-state index is -1.05. The van der Waals surface area contributed by atoms with Crippen molar-refractivity contribution in [2.45, 2.75) is 106 Å². The maximum Gasteiger partial charge on any atom is 0.407 e. The van der Waals surface area contributed by atoms with Gasteiger partial charge in [-0.1, -0.05) is 33.8 Å². The minimum Gasteiger partial charge on any atom is -0.493 e. The molecule has 1 rings (SSSR count). The Morgan fingerprint density at radius 1 is 0.935 bits per heavy atom. The van der Waals surface area contributed by atoms with Gasteiger partial charge >= 0.3 is 6.09 Å². The molecule has 0 fully saturated rings. The molecule has 4 atom stereocenters. The fraction of sp³-hybridized carbons (Fsp3) is 0.743. The van der Waals surface area contributed by atoms with E-state index in [4.69, 9.17) is 24.7 Å². The molecule has 11 heteroatoms. The number of hydrogen-bond acceptors (Lipinski definition) is 8. The van der Waals surface area contributed by atoms with E-state index in [9.17, 15) is 19.5 Å². The molecule has 0 saturated heterocycles. The average Bonchev–Trinajstić information content (AvgIpc) is 2.94. The molecule has 46 heavy (non-hydrogen) atoms. The number of methoxy groups -OCH3 is 2. The highest BCUT2D eigenvalue weighted by molar-refractivity contribution is 5.83. The number of ether oxygens (including phenoxy) is 4. The molecule has 0 bridgehead atoms. The molecule has 5 N–H and O–H groups in total. The predicted octanol–water partition coefficient (Wildman–Crippen LogP) is 4.86. The van der Waals surface area contributed by atoms with Crippen LogP contribution in [-0.4, -0.2) is 74.7 Å². The van der Waals surface area contributed by atoms with Crippen molar-refractivity contribution in [3.63, 3.8) is 0 Å². The topological polar surface area (TPSA) is 158 Å². The fourth-order valence-electron chi connectivity index (χ4n) is 4.97. The van der Waals surface area contributed by atoms with Gasteiger partial charge in [0.1, 0.15) is 5.60 Å². The number of rotatable bonds is 20. The molecule has 0 spiro atoms. The number of hydrogen-bond donors (Lipinski definition) is 4. The Balaban J connectivity index is 3.26. The summed E-state index contributed by atoms with van der Waals surface area (Å²) in [7, 11) is 3.26. The fourth-order valence-corrected chi connectivity index (χ4v) is 4.97. The molecule has 0 radical (unpaired) electrons. The van der Waals surface area contributed by atoms with E-state index in [-0.39, 0.29) is 36.6 Å². The van der Waals surface area contributed by atoms with Gasteiger partial charge in [-0.25, -0.2) is 4.79 Å². The Labute approximate surface area is 276 Å². The molecule has 264 valence electrons. The SMILES string of the molecule is COCCCOc1cc(C[C@@H](C[C@@H](NC(=O)OC(C)(C)C)[C@H](O)C[C@H](C(=O)NCC(C)(C)C(N)=O)C(C)C)C(C)C)ccc1OC. The number of aliphatic hydroxyl groups excluding tert-OH is 1. The normalized spacial score (nSPS) is 14.7. The summed E-state index contributed by atoms with van der Waals surface area (Å²) in [6, 6.07) is 5.16. The van der Waals surface area contributed by atoms with Crippen molar-refractivity contribution in [3.8, 4) is 11.5 Å². The standard InChI is InChI=1S/C35H61N3O8/c1-22(2)25(17-24-13-14-29(44-11)30(18-24)45-16-12-15-43-10)19-27(38-33(42)46-34(5,6)7)28(39)20-26(23(3)4)31(40)37-21-35(8,9)32(36)41/h13-14,18,22-23,25-28,39H,12,15-17,19-21H2,1-11H3,(H2,36,41)(H,37,40)(H,38,42)/t25-,26-,27+,28+/m0/s1. The summed E-state index contributed by atoms with van der Waals surface area (Å²) in [6.07, 6.45) is 0.261. The largest absolute Gasteiger partial charge is 0.493 e. The van der Waals surface area contributed by atoms with Crippen LogP contribution in [0.1, 0.15) is 87.1 Å². The quantitative estimate of drug-likeness (QED) is 0.146. The van der Waals surface area contributed by atoms with Crippen molar-refractivity contribution in [1.82, 2.24) is 10.6 Å². The number of carbonyl (C=O) groups excluding carboxylic acids is 3. The summed E-state index contributed by atoms with van der Waals surface area (Å²) in [5.74, 6) is 0.0461. The smallest absolute Gasteiger partial charge is 0.407 e. The van der Waals surface area contributed by atoms with Crippen LogP contribution in [0.5, 0.6) is 11.5 Å². The molecule has 0 unspecified atom stereocenters. The van der Waals surface area contributed by atoms with Crippen molar-refractivity contribution in [2.75, 3.05) is 34.0 Å². The number of nitrogens with two attached hydrogens (primary N) is 1. The third kappa shape index (κ3) is 14.6. The van der Waals surface area contributed by atoms with Crippen LogP contribution in [0.25, 0.3) is 0 Å². The van der Waals surface area contributed by atoms with Crippen molar-refractivity contribution in [2.24, 2.45) is 34.8 Å². The average molecular weight is 652 g/mol. The molecule has 0 aliphatic heterocycles. The van der Waals surface area contributed by atoms with Gasteiger partial charge in [-0.3, -0.25) is 9.59 Å². The molecular formula is C35H61N3O8. The van der Waals surface area contributed by atoms with E-state index in [2.05, 4.69) is 24.5 Å². The molecule has 3 amide bonds. The maximum atomic E-state index is 13.3. The molecular weight excluding hydrogens is 590 g/mol. The second kappa shape index (κ2) is 18.9. The van der Waals surface area contributed by atoms with Gasteiger partial charge < -0.3 is 40.4 Å². The van der Waals surface area contributed by atoms with Crippen molar-refractivity contribution in [3.05, 3.63) is 23.8 Å². The lowest BCUT2D eigenvalue weighted by molar-refractivity contribution is -0.130. The van der Waals surface area contributed by atoms with E-state index in [1.165, 1.54) is 0 Å². The van der Waals surface area contributed by atoms with Gasteiger partial charge in [0.05, 0.1) is 31.3 Å². The Bertz CT molecular complexity index is 1100. The molecule has 0 aliphatic carbocycles. The third-order valence-electron chi connectivity index (χ3n) is 8.15. The second-order valence-corrected chi connectivity index (χ2v) is 14.5. The Morgan fingerprint density at radius 2 is 1.59 bits per heavy atom. The van der Waals surface area contributed by atoms with Crippen LogP contribution in [0.2, 0.25) is 0 Å². The number of alkyl carbamates (subject to hydrolysis) is 1. The second-order valence-electron chi connectivity index (χ2n) is 14.5. The summed E-state index contributed by atoms with van der Waals surface area (Å²) in [4.78, 5) is 38.0. The monoisotopic (exact) mass is 651 g/mol. The Hall–Kier alpha value is -3.05. The van der Waals surface area contributed by atoms with Gasteiger partial charge in [0, 0.05) is 32.6 Å². The van der Waals surface area contributed by atoms with E-state index in [1.807, 2.05) is 32.0 Å². The first kappa shape index (κ1) is 41.0. The van der Waals surface area contributed by atoms with Crippen molar-refractivity contribution >= 4 is 17.9 Å². The highest BCUT2D eigenvalue weighted by Gasteiger charge is 2.34. The van der Waals surface area contributed by atoms with Gasteiger partial charge in [0.2, 0.25) is 11.8 Å². The lowest BCUT2D eigenvalue weighted by Crippen LogP contribution is -2.49. The van der Waals surface area contributed by atoms with Crippen molar-refractivity contribution < 1.29 is 38.4 Å². The zero-order chi connectivity index (χ0) is 35.2. The molecule has 1 aromatic rings. The molecule has 11 nitrogen and oxygen atoms in total. The van der Waals surface area contributed by atoms with Crippen LogP contribution in [0.15, 0.2) is 18.2 Å². The number of nitrogens with one attached hydrogen (secondary N) is 2. The van der Waals surface area contributed by atoms with Gasteiger partial charge in [-0.05, 0) is 89.3 Å². The summed E-state index contributed by atoms with van der Waals surface area (Å²) in [5.41, 5.74) is 4.87. The third-order valence-corrected chi connectivity index (χ3v) is 8.15. The lowest BCUT2D eigenvalue weighted by atomic mass is 9.80. The predicted molar refractivity (Wildman–Crippen MR) is 180 cm³/mol. The number of benzene rings is 1. The summed E-state index contributed by atoms with van der Waals surface area (Å²) < 4.78 is 22.2. The lowest BCUT2D eigenvalue weighted by Gasteiger charge is -2.33. The first-order chi connectivity index (χ1) is 21.3. The highest BCUT2D eigenvalue weighted by Crippen LogP contribution is 2.32. The maximum absolute atomic E-state index is 13.3. The van der Waals surface area contributed by atoms with Gasteiger partial charge in [0.25, 0.3) is 0 Å². The zero-order valence-corrected chi connectivity index (χ0v) is 30.0. The molecule has 0 saturated carbocycles. The summed E-state index contributed by atoms with van der Waals surface area (Å²) in [5, 5.41) is 17.4. The number of carbonyl (C=O) groups is 3. The summed E-state index contributed by atoms with van der Waals surface area (Å²) >= 11 is 0. The molecule has 1 aromatic carbocycles. The van der Waals surface area contributed by atoms with E-state index in [1.54, 1.807) is 48.8 Å². The first-order valence-electron chi connectivity index (χ1n) is 16.3. The number of amides is 3. The highest BCUT2D eigenvalue weighted by atomic mass is 16.6. The molecule has 0 heterocycles. The van der Waals surface area contributed by atoms with Gasteiger partial charge in [0.15, 0.2) is 11.5 Å². The molecule has 0 aliphatic rings. The van der Waals surface area contributed by atoms with E-state index < -0.39 is 41.1 Å². The number of aliphatic hydroxyl groups is 1. The van der Waals surface area contributed by atoms with Crippen LogP contribution in [0.4, 0.5) is 4.79 Å². The van der Waals surface area contributed by atoms with Gasteiger partial charge in [-0.15, -0.1) is 0 Å². The van der Waals surface area contributed by atoms with Gasteiger partial charge in [-0.2, -0.15) is 0 Å².